The Hall–Kier alpha value is -1.39. The highest BCUT2D eigenvalue weighted by atomic mass is 16.5. The summed E-state index contributed by atoms with van der Waals surface area (Å²) < 4.78 is 5.48. The molecule has 110 valence electrons. The topological polar surface area (TPSA) is 64.3 Å². The summed E-state index contributed by atoms with van der Waals surface area (Å²) >= 11 is 0. The molecule has 1 fully saturated rings. The van der Waals surface area contributed by atoms with Crippen molar-refractivity contribution < 1.29 is 9.53 Å². The number of carbonyl (C=O) groups excluding carboxylic acids is 1. The van der Waals surface area contributed by atoms with Crippen LogP contribution in [0.25, 0.3) is 0 Å². The van der Waals surface area contributed by atoms with Gasteiger partial charge in [-0.25, -0.2) is 0 Å². The Morgan fingerprint density at radius 3 is 2.60 bits per heavy atom. The zero-order valence-corrected chi connectivity index (χ0v) is 11.9. The number of ether oxygens (including phenoxy) is 1. The molecule has 1 aliphatic rings. The molecule has 1 aromatic rings. The van der Waals surface area contributed by atoms with Gasteiger partial charge in [0.25, 0.3) is 6.47 Å². The van der Waals surface area contributed by atoms with Gasteiger partial charge in [0, 0.05) is 5.41 Å². The van der Waals surface area contributed by atoms with E-state index in [0.29, 0.717) is 13.0 Å². The smallest absolute Gasteiger partial charge is 0.293 e. The van der Waals surface area contributed by atoms with Crippen LogP contribution in [0.4, 0.5) is 0 Å². The fourth-order valence-corrected chi connectivity index (χ4v) is 3.28. The molecule has 1 atom stereocenters. The van der Waals surface area contributed by atoms with Crippen molar-refractivity contribution in [2.45, 2.75) is 37.2 Å². The Bertz CT molecular complexity index is 402. The number of rotatable bonds is 7. The van der Waals surface area contributed by atoms with Crippen LogP contribution in [0.15, 0.2) is 30.3 Å². The summed E-state index contributed by atoms with van der Waals surface area (Å²) in [5.41, 5.74) is 6.82. The summed E-state index contributed by atoms with van der Waals surface area (Å²) in [7, 11) is 0. The number of nitrogens with two attached hydrogens (primary N) is 1. The molecule has 0 spiro atoms. The molecular formula is C16H24N2O2. The SMILES string of the molecule is NCCCC(OC=O)C1(c2ccccc2)CCNCC1. The second-order valence-electron chi connectivity index (χ2n) is 5.42. The van der Waals surface area contributed by atoms with E-state index in [4.69, 9.17) is 10.5 Å². The minimum Gasteiger partial charge on any atom is -0.464 e. The molecule has 1 aliphatic heterocycles. The lowest BCUT2D eigenvalue weighted by Crippen LogP contribution is -2.49. The van der Waals surface area contributed by atoms with Gasteiger partial charge < -0.3 is 15.8 Å². The summed E-state index contributed by atoms with van der Waals surface area (Å²) in [4.78, 5) is 10.9. The molecule has 0 bridgehead atoms. The van der Waals surface area contributed by atoms with Gasteiger partial charge in [-0.05, 0) is 50.9 Å². The average Bonchev–Trinajstić information content (AvgIpc) is 2.53. The zero-order chi connectivity index (χ0) is 14.3. The molecule has 1 aromatic carbocycles. The van der Waals surface area contributed by atoms with Crippen molar-refractivity contribution in [2.75, 3.05) is 19.6 Å². The third kappa shape index (κ3) is 3.19. The van der Waals surface area contributed by atoms with Crippen LogP contribution in [0.3, 0.4) is 0 Å². The quantitative estimate of drug-likeness (QED) is 0.742. The van der Waals surface area contributed by atoms with Crippen LogP contribution in [0.2, 0.25) is 0 Å². The normalized spacial score (nSPS) is 19.2. The van der Waals surface area contributed by atoms with Gasteiger partial charge in [-0.1, -0.05) is 30.3 Å². The molecule has 20 heavy (non-hydrogen) atoms. The van der Waals surface area contributed by atoms with E-state index in [1.165, 1.54) is 5.56 Å². The third-order valence-electron chi connectivity index (χ3n) is 4.35. The summed E-state index contributed by atoms with van der Waals surface area (Å²) in [6.07, 6.45) is 3.58. The predicted octanol–water partition coefficient (Wildman–Crippen LogP) is 1.59. The summed E-state index contributed by atoms with van der Waals surface area (Å²) in [5.74, 6) is 0. The Kier molecular flexibility index (Phi) is 5.56. The molecule has 0 aliphatic carbocycles. The Morgan fingerprint density at radius 2 is 2.00 bits per heavy atom. The molecule has 0 aromatic heterocycles. The lowest BCUT2D eigenvalue weighted by molar-refractivity contribution is -0.138. The first-order chi connectivity index (χ1) is 9.83. The fraction of sp³-hybridized carbons (Fsp3) is 0.562. The van der Waals surface area contributed by atoms with Crippen molar-refractivity contribution in [3.63, 3.8) is 0 Å². The monoisotopic (exact) mass is 276 g/mol. The maximum Gasteiger partial charge on any atom is 0.293 e. The lowest BCUT2D eigenvalue weighted by atomic mass is 9.68. The van der Waals surface area contributed by atoms with Crippen LogP contribution >= 0.6 is 0 Å². The van der Waals surface area contributed by atoms with E-state index in [-0.39, 0.29) is 11.5 Å². The van der Waals surface area contributed by atoms with Crippen molar-refractivity contribution >= 4 is 6.47 Å². The second-order valence-corrected chi connectivity index (χ2v) is 5.42. The highest BCUT2D eigenvalue weighted by Crippen LogP contribution is 2.39. The molecule has 2 rings (SSSR count). The minimum atomic E-state index is -0.0898. The molecule has 1 saturated heterocycles. The van der Waals surface area contributed by atoms with E-state index < -0.39 is 0 Å². The maximum absolute atomic E-state index is 10.9. The molecular weight excluding hydrogens is 252 g/mol. The standard InChI is InChI=1S/C16H24N2O2/c17-10-4-7-15(20-13-19)16(8-11-18-12-9-16)14-5-2-1-3-6-14/h1-3,5-6,13,15,18H,4,7-12,17H2. The van der Waals surface area contributed by atoms with E-state index in [0.717, 1.165) is 38.8 Å². The van der Waals surface area contributed by atoms with Crippen molar-refractivity contribution in [1.29, 1.82) is 0 Å². The van der Waals surface area contributed by atoms with Crippen molar-refractivity contribution in [3.8, 4) is 0 Å². The van der Waals surface area contributed by atoms with Crippen molar-refractivity contribution in [2.24, 2.45) is 5.73 Å². The van der Waals surface area contributed by atoms with Crippen molar-refractivity contribution in [3.05, 3.63) is 35.9 Å². The van der Waals surface area contributed by atoms with Crippen LogP contribution in [-0.4, -0.2) is 32.2 Å². The highest BCUT2D eigenvalue weighted by Gasteiger charge is 2.42. The lowest BCUT2D eigenvalue weighted by Gasteiger charge is -2.43. The maximum atomic E-state index is 10.9. The van der Waals surface area contributed by atoms with Gasteiger partial charge in [0.15, 0.2) is 0 Å². The molecule has 4 heteroatoms. The number of hydrogen-bond donors (Lipinski definition) is 2. The van der Waals surface area contributed by atoms with E-state index in [1.54, 1.807) is 0 Å². The number of nitrogens with one attached hydrogen (secondary N) is 1. The van der Waals surface area contributed by atoms with Gasteiger partial charge in [0.05, 0.1) is 0 Å². The number of piperidine rings is 1. The van der Waals surface area contributed by atoms with Crippen LogP contribution < -0.4 is 11.1 Å². The largest absolute Gasteiger partial charge is 0.464 e. The van der Waals surface area contributed by atoms with E-state index in [9.17, 15) is 4.79 Å². The fourth-order valence-electron chi connectivity index (χ4n) is 3.28. The van der Waals surface area contributed by atoms with Crippen molar-refractivity contribution in [1.82, 2.24) is 5.32 Å². The first kappa shape index (κ1) is 15.0. The van der Waals surface area contributed by atoms with Crippen LogP contribution in [-0.2, 0) is 14.9 Å². The van der Waals surface area contributed by atoms with Gasteiger partial charge >= 0.3 is 0 Å². The van der Waals surface area contributed by atoms with Gasteiger partial charge in [-0.3, -0.25) is 4.79 Å². The number of carbonyl (C=O) groups is 1. The Morgan fingerprint density at radius 1 is 1.30 bits per heavy atom. The third-order valence-corrected chi connectivity index (χ3v) is 4.35. The minimum absolute atomic E-state index is 0.0808. The van der Waals surface area contributed by atoms with Gasteiger partial charge in [-0.2, -0.15) is 0 Å². The van der Waals surface area contributed by atoms with E-state index in [1.807, 2.05) is 6.07 Å². The van der Waals surface area contributed by atoms with Gasteiger partial charge in [0.1, 0.15) is 6.10 Å². The summed E-state index contributed by atoms with van der Waals surface area (Å²) in [6, 6.07) is 10.4. The Labute approximate surface area is 120 Å². The highest BCUT2D eigenvalue weighted by molar-refractivity contribution is 5.39. The number of benzene rings is 1. The predicted molar refractivity (Wildman–Crippen MR) is 79.4 cm³/mol. The van der Waals surface area contributed by atoms with Crippen LogP contribution in [0.5, 0.6) is 0 Å². The average molecular weight is 276 g/mol. The first-order valence-corrected chi connectivity index (χ1v) is 7.39. The molecule has 1 unspecified atom stereocenters. The molecule has 3 N–H and O–H groups in total. The summed E-state index contributed by atoms with van der Waals surface area (Å²) in [5, 5.41) is 3.39. The molecule has 1 heterocycles. The first-order valence-electron chi connectivity index (χ1n) is 7.39. The second kappa shape index (κ2) is 7.41. The van der Waals surface area contributed by atoms with Gasteiger partial charge in [-0.15, -0.1) is 0 Å². The summed E-state index contributed by atoms with van der Waals surface area (Å²) in [6.45, 7) is 3.13. The molecule has 0 amide bonds. The van der Waals surface area contributed by atoms with Gasteiger partial charge in [0.2, 0.25) is 0 Å². The zero-order valence-electron chi connectivity index (χ0n) is 11.9. The van der Waals surface area contributed by atoms with Crippen LogP contribution in [0.1, 0.15) is 31.2 Å². The molecule has 0 radical (unpaired) electrons. The van der Waals surface area contributed by atoms with E-state index >= 15 is 0 Å². The molecule has 0 saturated carbocycles. The number of hydrogen-bond acceptors (Lipinski definition) is 4. The Balaban J connectivity index is 2.30. The van der Waals surface area contributed by atoms with E-state index in [2.05, 4.69) is 29.6 Å². The van der Waals surface area contributed by atoms with Crippen LogP contribution in [0, 0.1) is 0 Å². The molecule has 4 nitrogen and oxygen atoms in total.